The summed E-state index contributed by atoms with van der Waals surface area (Å²) in [5.41, 5.74) is 8.28. The first-order valence-corrected chi connectivity index (χ1v) is 4.48. The number of aliphatic hydroxyl groups is 3. The van der Waals surface area contributed by atoms with Crippen molar-refractivity contribution in [1.82, 2.24) is 0 Å². The Morgan fingerprint density at radius 2 is 2.35 bits per heavy atom. The van der Waals surface area contributed by atoms with Crippen molar-refractivity contribution in [2.45, 2.75) is 30.6 Å². The lowest BCUT2D eigenvalue weighted by atomic mass is 10.00. The van der Waals surface area contributed by atoms with Crippen molar-refractivity contribution >= 4 is 0 Å². The zero-order chi connectivity index (χ0) is 13.1. The number of azide groups is 1. The molecular formula is C6H10N4O7. The Bertz CT molecular complexity index is 345. The van der Waals surface area contributed by atoms with Crippen LogP contribution in [0.4, 0.5) is 0 Å². The Morgan fingerprint density at radius 1 is 1.71 bits per heavy atom. The minimum absolute atomic E-state index is 0.629. The fourth-order valence-electron chi connectivity index (χ4n) is 1.46. The molecule has 0 aromatic carbocycles. The molecular weight excluding hydrogens is 240 g/mol. The van der Waals surface area contributed by atoms with E-state index in [1.54, 1.807) is 0 Å². The minimum atomic E-state index is -2.38. The molecule has 3 N–H and O–H groups in total. The van der Waals surface area contributed by atoms with Gasteiger partial charge in [-0.1, -0.05) is 0 Å². The molecule has 0 bridgehead atoms. The van der Waals surface area contributed by atoms with Crippen LogP contribution in [0, 0.1) is 10.1 Å². The maximum atomic E-state index is 10.2. The predicted molar refractivity (Wildman–Crippen MR) is 48.5 cm³/mol. The average Bonchev–Trinajstić information content (AvgIpc) is 2.23. The summed E-state index contributed by atoms with van der Waals surface area (Å²) in [7, 11) is 0. The van der Waals surface area contributed by atoms with Gasteiger partial charge in [0, 0.05) is 11.3 Å². The lowest BCUT2D eigenvalue weighted by Crippen LogP contribution is -2.56. The van der Waals surface area contributed by atoms with Gasteiger partial charge in [0.2, 0.25) is 0 Å². The van der Waals surface area contributed by atoms with Crippen molar-refractivity contribution < 1.29 is 30.0 Å². The maximum absolute atomic E-state index is 10.2. The van der Waals surface area contributed by atoms with Crippen LogP contribution in [0.25, 0.3) is 10.4 Å². The fourth-order valence-corrected chi connectivity index (χ4v) is 1.46. The van der Waals surface area contributed by atoms with Gasteiger partial charge in [-0.05, 0) is 10.6 Å². The van der Waals surface area contributed by atoms with Crippen LogP contribution in [0.5, 0.6) is 0 Å². The Hall–Kier alpha value is -1.65. The van der Waals surface area contributed by atoms with Crippen LogP contribution in [-0.4, -0.2) is 51.2 Å². The molecule has 96 valence electrons. The zero-order valence-corrected chi connectivity index (χ0v) is 8.41. The van der Waals surface area contributed by atoms with Crippen molar-refractivity contribution in [2.75, 3.05) is 6.61 Å². The van der Waals surface area contributed by atoms with Crippen molar-refractivity contribution in [3.8, 4) is 0 Å². The van der Waals surface area contributed by atoms with E-state index in [0.717, 1.165) is 0 Å². The highest BCUT2D eigenvalue weighted by Gasteiger charge is 2.48. The molecule has 11 heteroatoms. The third-order valence-corrected chi connectivity index (χ3v) is 2.17. The highest BCUT2D eigenvalue weighted by molar-refractivity contribution is 4.88. The predicted octanol–water partition coefficient (Wildman–Crippen LogP) is -1.34. The van der Waals surface area contributed by atoms with E-state index >= 15 is 0 Å². The molecule has 0 saturated carbocycles. The molecule has 1 heterocycles. The Kier molecular flexibility index (Phi) is 4.04. The van der Waals surface area contributed by atoms with E-state index in [1.165, 1.54) is 0 Å². The first-order valence-electron chi connectivity index (χ1n) is 4.48. The van der Waals surface area contributed by atoms with E-state index in [2.05, 4.69) is 14.9 Å². The molecule has 1 aliphatic heterocycles. The van der Waals surface area contributed by atoms with Crippen LogP contribution in [-0.2, 0) is 9.57 Å². The van der Waals surface area contributed by atoms with Crippen LogP contribution in [0.15, 0.2) is 5.11 Å². The molecule has 1 rings (SSSR count). The Morgan fingerprint density at radius 3 is 2.82 bits per heavy atom. The molecule has 1 fully saturated rings. The van der Waals surface area contributed by atoms with Gasteiger partial charge in [-0.3, -0.25) is 4.84 Å². The molecule has 0 spiro atoms. The Balaban J connectivity index is 2.98. The Labute approximate surface area is 93.9 Å². The van der Waals surface area contributed by atoms with Gasteiger partial charge >= 0.3 is 0 Å². The number of aliphatic hydroxyl groups excluding tert-OH is 3. The molecule has 4 atom stereocenters. The molecule has 0 amide bonds. The number of hydrogen-bond acceptors (Lipinski definition) is 8. The third-order valence-electron chi connectivity index (χ3n) is 2.17. The summed E-state index contributed by atoms with van der Waals surface area (Å²) in [5, 5.41) is 39.6. The van der Waals surface area contributed by atoms with Crippen LogP contribution in [0.1, 0.15) is 6.42 Å². The molecule has 0 aliphatic carbocycles. The zero-order valence-electron chi connectivity index (χ0n) is 8.41. The van der Waals surface area contributed by atoms with E-state index < -0.39 is 42.3 Å². The van der Waals surface area contributed by atoms with Crippen LogP contribution < -0.4 is 0 Å². The van der Waals surface area contributed by atoms with Gasteiger partial charge in [-0.25, -0.2) is 0 Å². The first-order chi connectivity index (χ1) is 7.94. The van der Waals surface area contributed by atoms with Gasteiger partial charge < -0.3 is 20.1 Å². The minimum Gasteiger partial charge on any atom is -0.394 e. The summed E-state index contributed by atoms with van der Waals surface area (Å²) in [6.45, 7) is -0.734. The first kappa shape index (κ1) is 13.4. The maximum Gasteiger partial charge on any atom is 0.298 e. The number of ether oxygens (including phenoxy) is 1. The highest BCUT2D eigenvalue weighted by Crippen LogP contribution is 2.32. The van der Waals surface area contributed by atoms with E-state index in [1.807, 2.05) is 0 Å². The van der Waals surface area contributed by atoms with Crippen LogP contribution in [0.3, 0.4) is 0 Å². The van der Waals surface area contributed by atoms with E-state index in [9.17, 15) is 20.3 Å². The fraction of sp³-hybridized carbons (Fsp3) is 1.00. The smallest absolute Gasteiger partial charge is 0.298 e. The largest absolute Gasteiger partial charge is 0.394 e. The van der Waals surface area contributed by atoms with Crippen molar-refractivity contribution in [1.29, 1.82) is 0 Å². The highest BCUT2D eigenvalue weighted by atomic mass is 17.0. The summed E-state index contributed by atoms with van der Waals surface area (Å²) in [4.78, 5) is 16.6. The number of nitrogens with zero attached hydrogens (tertiary/aromatic N) is 4. The number of rotatable bonds is 4. The van der Waals surface area contributed by atoms with Gasteiger partial charge in [0.15, 0.2) is 0 Å². The SMILES string of the molecule is [N-]=[N+]=N[C@]1(O[N+](=O)[O-])C[C@@H](O)[C@@H](O)[C@@H](CO)O1. The summed E-state index contributed by atoms with van der Waals surface area (Å²) < 4.78 is 4.81. The molecule has 11 nitrogen and oxygen atoms in total. The summed E-state index contributed by atoms with van der Waals surface area (Å²) in [6, 6.07) is 0. The van der Waals surface area contributed by atoms with Crippen LogP contribution in [0.2, 0.25) is 0 Å². The second-order valence-corrected chi connectivity index (χ2v) is 3.32. The van der Waals surface area contributed by atoms with Crippen molar-refractivity contribution in [2.24, 2.45) is 5.11 Å². The summed E-state index contributed by atoms with van der Waals surface area (Å²) >= 11 is 0. The lowest BCUT2D eigenvalue weighted by Gasteiger charge is -2.40. The molecule has 0 aromatic heterocycles. The van der Waals surface area contributed by atoms with Gasteiger partial charge in [-0.15, -0.1) is 10.1 Å². The third kappa shape index (κ3) is 2.93. The van der Waals surface area contributed by atoms with Gasteiger partial charge in [0.25, 0.3) is 11.0 Å². The van der Waals surface area contributed by atoms with Crippen LogP contribution >= 0.6 is 0 Å². The van der Waals surface area contributed by atoms with Gasteiger partial charge in [0.05, 0.1) is 12.7 Å². The van der Waals surface area contributed by atoms with E-state index in [0.29, 0.717) is 0 Å². The standard InChI is InChI=1S/C6H10N4O7/c7-9-8-6(17-10(14)15)1-3(12)5(13)4(2-11)16-6/h3-5,11-13H,1-2H2/t3-,4-,5-,6-/m1/s1. The van der Waals surface area contributed by atoms with Crippen molar-refractivity contribution in [3.63, 3.8) is 0 Å². The summed E-state index contributed by atoms with van der Waals surface area (Å²) in [5.74, 6) is -2.38. The number of hydrogen-bond donors (Lipinski definition) is 3. The molecule has 1 aliphatic rings. The van der Waals surface area contributed by atoms with Gasteiger partial charge in [0.1, 0.15) is 12.2 Å². The lowest BCUT2D eigenvalue weighted by molar-refractivity contribution is -0.799. The molecule has 0 unspecified atom stereocenters. The quantitative estimate of drug-likeness (QED) is 0.182. The normalized spacial score (nSPS) is 37.0. The molecule has 0 radical (unpaired) electrons. The van der Waals surface area contributed by atoms with Crippen molar-refractivity contribution in [3.05, 3.63) is 20.6 Å². The van der Waals surface area contributed by atoms with E-state index in [4.69, 9.17) is 15.4 Å². The monoisotopic (exact) mass is 250 g/mol. The topological polar surface area (TPSA) is 171 Å². The van der Waals surface area contributed by atoms with Gasteiger partial charge in [-0.2, -0.15) is 0 Å². The average molecular weight is 250 g/mol. The second-order valence-electron chi connectivity index (χ2n) is 3.32. The molecule has 1 saturated heterocycles. The second kappa shape index (κ2) is 5.12. The molecule has 17 heavy (non-hydrogen) atoms. The molecule has 0 aromatic rings. The van der Waals surface area contributed by atoms with E-state index in [-0.39, 0.29) is 0 Å². The summed E-state index contributed by atoms with van der Waals surface area (Å²) in [6.07, 6.45) is -4.94.